The second-order valence-corrected chi connectivity index (χ2v) is 7.08. The summed E-state index contributed by atoms with van der Waals surface area (Å²) >= 11 is 0. The van der Waals surface area contributed by atoms with Crippen LogP contribution in [0.5, 0.6) is 0 Å². The Morgan fingerprint density at radius 3 is 2.75 bits per heavy atom. The molecule has 0 saturated carbocycles. The van der Waals surface area contributed by atoms with Crippen LogP contribution in [0.25, 0.3) is 11.4 Å². The molecular weight excluding hydrogens is 350 g/mol. The molecule has 4 heterocycles. The van der Waals surface area contributed by atoms with Crippen LogP contribution in [0.2, 0.25) is 0 Å². The molecule has 0 aliphatic carbocycles. The van der Waals surface area contributed by atoms with Crippen molar-refractivity contribution in [1.82, 2.24) is 25.1 Å². The van der Waals surface area contributed by atoms with Gasteiger partial charge < -0.3 is 9.80 Å². The van der Waals surface area contributed by atoms with Gasteiger partial charge in [-0.1, -0.05) is 6.92 Å². The number of rotatable bonds is 6. The van der Waals surface area contributed by atoms with Gasteiger partial charge >= 0.3 is 0 Å². The number of pyridine rings is 1. The maximum atomic E-state index is 4.83. The van der Waals surface area contributed by atoms with Crippen LogP contribution in [0.4, 0.5) is 11.6 Å². The van der Waals surface area contributed by atoms with E-state index in [4.69, 9.17) is 9.97 Å². The second-order valence-electron chi connectivity index (χ2n) is 7.08. The Morgan fingerprint density at radius 2 is 2.00 bits per heavy atom. The van der Waals surface area contributed by atoms with Gasteiger partial charge in [0.25, 0.3) is 0 Å². The first-order valence-electron chi connectivity index (χ1n) is 9.78. The van der Waals surface area contributed by atoms with E-state index in [0.717, 1.165) is 54.6 Å². The van der Waals surface area contributed by atoms with Gasteiger partial charge in [0.15, 0.2) is 11.6 Å². The third-order valence-electron chi connectivity index (χ3n) is 5.17. The Morgan fingerprint density at radius 1 is 1.14 bits per heavy atom. The van der Waals surface area contributed by atoms with Gasteiger partial charge in [0.05, 0.1) is 0 Å². The van der Waals surface area contributed by atoms with Gasteiger partial charge in [-0.2, -0.15) is 5.10 Å². The smallest absolute Gasteiger partial charge is 0.161 e. The molecule has 0 bridgehead atoms. The maximum Gasteiger partial charge on any atom is 0.161 e. The number of hydrogen-bond donors (Lipinski definition) is 0. The highest BCUT2D eigenvalue weighted by atomic mass is 15.3. The Bertz CT molecular complexity index is 901. The van der Waals surface area contributed by atoms with Crippen LogP contribution in [0.1, 0.15) is 25.5 Å². The summed E-state index contributed by atoms with van der Waals surface area (Å²) in [6.07, 6.45) is 8.45. The molecular formula is C21H25N7. The fourth-order valence-corrected chi connectivity index (χ4v) is 3.67. The Hall–Kier alpha value is -3.09. The van der Waals surface area contributed by atoms with E-state index in [1.165, 1.54) is 6.42 Å². The SMILES string of the molecule is CCc1cc(N(C)CC2CCCN2c2cccnn2)nc(-c2ccncc2)n1. The van der Waals surface area contributed by atoms with Crippen molar-refractivity contribution in [3.63, 3.8) is 0 Å². The molecule has 1 fully saturated rings. The van der Waals surface area contributed by atoms with E-state index in [-0.39, 0.29) is 0 Å². The first kappa shape index (κ1) is 18.3. The number of anilines is 2. The van der Waals surface area contributed by atoms with Crippen LogP contribution in [0.3, 0.4) is 0 Å². The predicted octanol–water partition coefficient (Wildman–Crippen LogP) is 3.00. The number of aryl methyl sites for hydroxylation is 1. The van der Waals surface area contributed by atoms with Crippen molar-refractivity contribution < 1.29 is 0 Å². The second kappa shape index (κ2) is 8.29. The highest BCUT2D eigenvalue weighted by molar-refractivity contribution is 5.57. The summed E-state index contributed by atoms with van der Waals surface area (Å²) in [5.74, 6) is 2.65. The van der Waals surface area contributed by atoms with Crippen molar-refractivity contribution in [1.29, 1.82) is 0 Å². The first-order chi connectivity index (χ1) is 13.7. The molecule has 28 heavy (non-hydrogen) atoms. The summed E-state index contributed by atoms with van der Waals surface area (Å²) in [4.78, 5) is 18.2. The Kier molecular flexibility index (Phi) is 5.41. The van der Waals surface area contributed by atoms with Gasteiger partial charge in [-0.15, -0.1) is 5.10 Å². The van der Waals surface area contributed by atoms with Crippen molar-refractivity contribution >= 4 is 11.6 Å². The number of hydrogen-bond acceptors (Lipinski definition) is 7. The molecule has 1 aliphatic rings. The van der Waals surface area contributed by atoms with E-state index >= 15 is 0 Å². The van der Waals surface area contributed by atoms with Crippen LogP contribution in [-0.2, 0) is 6.42 Å². The molecule has 0 N–H and O–H groups in total. The minimum atomic E-state index is 0.395. The molecule has 0 radical (unpaired) electrons. The van der Waals surface area contributed by atoms with Crippen LogP contribution < -0.4 is 9.80 Å². The molecule has 4 rings (SSSR count). The molecule has 0 aromatic carbocycles. The van der Waals surface area contributed by atoms with Gasteiger partial charge in [-0.3, -0.25) is 4.98 Å². The lowest BCUT2D eigenvalue weighted by Crippen LogP contribution is -2.39. The maximum absolute atomic E-state index is 4.83. The van der Waals surface area contributed by atoms with Crippen molar-refractivity contribution in [3.05, 3.63) is 54.6 Å². The molecule has 0 spiro atoms. The molecule has 3 aromatic heterocycles. The highest BCUT2D eigenvalue weighted by Crippen LogP contribution is 2.25. The number of aromatic nitrogens is 5. The zero-order chi connectivity index (χ0) is 19.3. The van der Waals surface area contributed by atoms with Crippen molar-refractivity contribution in [2.75, 3.05) is 29.9 Å². The highest BCUT2D eigenvalue weighted by Gasteiger charge is 2.27. The van der Waals surface area contributed by atoms with E-state index in [0.29, 0.717) is 6.04 Å². The van der Waals surface area contributed by atoms with Crippen LogP contribution in [0.15, 0.2) is 48.9 Å². The predicted molar refractivity (Wildman–Crippen MR) is 110 cm³/mol. The van der Waals surface area contributed by atoms with E-state index in [9.17, 15) is 0 Å². The van der Waals surface area contributed by atoms with Gasteiger partial charge in [-0.25, -0.2) is 9.97 Å². The Balaban J connectivity index is 1.57. The molecule has 7 nitrogen and oxygen atoms in total. The van der Waals surface area contributed by atoms with Crippen LogP contribution >= 0.6 is 0 Å². The summed E-state index contributed by atoms with van der Waals surface area (Å²) < 4.78 is 0. The fraction of sp³-hybridized carbons (Fsp3) is 0.381. The van der Waals surface area contributed by atoms with Crippen molar-refractivity contribution in [2.45, 2.75) is 32.2 Å². The summed E-state index contributed by atoms with van der Waals surface area (Å²) in [7, 11) is 2.10. The number of nitrogens with zero attached hydrogens (tertiary/aromatic N) is 7. The lowest BCUT2D eigenvalue weighted by Gasteiger charge is -2.30. The van der Waals surface area contributed by atoms with E-state index in [2.05, 4.69) is 45.0 Å². The van der Waals surface area contributed by atoms with E-state index < -0.39 is 0 Å². The third kappa shape index (κ3) is 3.93. The lowest BCUT2D eigenvalue weighted by atomic mass is 10.2. The third-order valence-corrected chi connectivity index (χ3v) is 5.17. The van der Waals surface area contributed by atoms with Gasteiger partial charge in [0.1, 0.15) is 5.82 Å². The van der Waals surface area contributed by atoms with E-state index in [1.54, 1.807) is 18.6 Å². The summed E-state index contributed by atoms with van der Waals surface area (Å²) in [5.41, 5.74) is 2.03. The van der Waals surface area contributed by atoms with Crippen molar-refractivity contribution in [3.8, 4) is 11.4 Å². The molecule has 1 atom stereocenters. The van der Waals surface area contributed by atoms with Crippen molar-refractivity contribution in [2.24, 2.45) is 0 Å². The van der Waals surface area contributed by atoms with Crippen LogP contribution in [-0.4, -0.2) is 51.3 Å². The van der Waals surface area contributed by atoms with Gasteiger partial charge in [-0.05, 0) is 43.5 Å². The lowest BCUT2D eigenvalue weighted by molar-refractivity contribution is 0.643. The molecule has 144 valence electrons. The van der Waals surface area contributed by atoms with Gasteiger partial charge in [0, 0.05) is 62.1 Å². The zero-order valence-corrected chi connectivity index (χ0v) is 16.4. The van der Waals surface area contributed by atoms with Gasteiger partial charge in [0.2, 0.25) is 0 Å². The molecule has 1 aliphatic heterocycles. The number of likely N-dealkylation sites (N-methyl/N-ethyl adjacent to an activating group) is 1. The molecule has 1 unspecified atom stereocenters. The largest absolute Gasteiger partial charge is 0.357 e. The zero-order valence-electron chi connectivity index (χ0n) is 16.4. The van der Waals surface area contributed by atoms with E-state index in [1.807, 2.05) is 24.3 Å². The summed E-state index contributed by atoms with van der Waals surface area (Å²) in [6, 6.07) is 10.4. The van der Waals surface area contributed by atoms with Crippen LogP contribution in [0, 0.1) is 0 Å². The average Bonchev–Trinajstić information content (AvgIpc) is 3.22. The molecule has 7 heteroatoms. The minimum Gasteiger partial charge on any atom is -0.357 e. The Labute approximate surface area is 165 Å². The fourth-order valence-electron chi connectivity index (χ4n) is 3.67. The first-order valence-corrected chi connectivity index (χ1v) is 9.78. The standard InChI is InChI=1S/C21H25N7/c1-3-17-14-20(25-21(24-17)16-8-11-22-12-9-16)27(2)15-18-6-5-13-28(18)19-7-4-10-23-26-19/h4,7-12,14,18H,3,5-6,13,15H2,1-2H3. The average molecular weight is 375 g/mol. The molecule has 3 aromatic rings. The molecule has 1 saturated heterocycles. The summed E-state index contributed by atoms with van der Waals surface area (Å²) in [6.45, 7) is 4.02. The monoisotopic (exact) mass is 375 g/mol. The minimum absolute atomic E-state index is 0.395. The normalized spacial score (nSPS) is 16.4. The summed E-state index contributed by atoms with van der Waals surface area (Å²) in [5, 5.41) is 8.34. The quantitative estimate of drug-likeness (QED) is 0.656. The topological polar surface area (TPSA) is 70.9 Å². The molecule has 0 amide bonds.